The summed E-state index contributed by atoms with van der Waals surface area (Å²) in [6.07, 6.45) is 1.32. The molecule has 0 fully saturated rings. The molecule has 11 heteroatoms. The van der Waals surface area contributed by atoms with Gasteiger partial charge in [0.2, 0.25) is 5.91 Å². The van der Waals surface area contributed by atoms with E-state index in [9.17, 15) is 23.5 Å². The summed E-state index contributed by atoms with van der Waals surface area (Å²) < 4.78 is 26.9. The molecule has 3 rings (SSSR count). The van der Waals surface area contributed by atoms with Gasteiger partial charge < -0.3 is 21.9 Å². The number of aromatic nitrogens is 2. The molecule has 30 heavy (non-hydrogen) atoms. The number of primary amides is 1. The summed E-state index contributed by atoms with van der Waals surface area (Å²) >= 11 is 1.05. The Morgan fingerprint density at radius 2 is 1.93 bits per heavy atom. The van der Waals surface area contributed by atoms with Gasteiger partial charge in [0.05, 0.1) is 11.8 Å². The van der Waals surface area contributed by atoms with E-state index >= 15 is 0 Å². The number of anilines is 1. The van der Waals surface area contributed by atoms with Crippen LogP contribution in [-0.4, -0.2) is 26.9 Å². The summed E-state index contributed by atoms with van der Waals surface area (Å²) in [7, 11) is 0. The summed E-state index contributed by atoms with van der Waals surface area (Å²) in [5.41, 5.74) is 10.8. The van der Waals surface area contributed by atoms with E-state index in [1.807, 2.05) is 0 Å². The first-order valence-electron chi connectivity index (χ1n) is 8.40. The van der Waals surface area contributed by atoms with E-state index < -0.39 is 35.7 Å². The number of aromatic hydroxyl groups is 1. The van der Waals surface area contributed by atoms with Crippen LogP contribution in [0.2, 0.25) is 0 Å². The maximum absolute atomic E-state index is 13.8. The van der Waals surface area contributed by atoms with Crippen molar-refractivity contribution in [2.75, 3.05) is 5.73 Å². The summed E-state index contributed by atoms with van der Waals surface area (Å²) in [6.45, 7) is -0.431. The Morgan fingerprint density at radius 3 is 2.63 bits per heavy atom. The van der Waals surface area contributed by atoms with Gasteiger partial charge in [0.15, 0.2) is 11.5 Å². The number of nitrogens with zero attached hydrogens (tertiary/aromatic N) is 2. The molecular formula is C19H15F2N5O3S. The zero-order chi connectivity index (χ0) is 21.8. The van der Waals surface area contributed by atoms with Crippen LogP contribution < -0.4 is 16.8 Å². The lowest BCUT2D eigenvalue weighted by molar-refractivity contribution is 0.0944. The van der Waals surface area contributed by atoms with Crippen molar-refractivity contribution in [3.05, 3.63) is 71.1 Å². The monoisotopic (exact) mass is 431 g/mol. The van der Waals surface area contributed by atoms with Gasteiger partial charge in [-0.2, -0.15) is 0 Å². The van der Waals surface area contributed by atoms with Gasteiger partial charge in [-0.05, 0) is 12.1 Å². The van der Waals surface area contributed by atoms with Gasteiger partial charge in [0.1, 0.15) is 22.4 Å². The molecule has 0 bridgehead atoms. The molecule has 1 heterocycles. The largest absolute Gasteiger partial charge is 0.507 e. The topological polar surface area (TPSA) is 144 Å². The molecule has 2 aromatic carbocycles. The van der Waals surface area contributed by atoms with E-state index in [4.69, 9.17) is 11.5 Å². The third-order valence-corrected chi connectivity index (χ3v) is 4.90. The van der Waals surface area contributed by atoms with Crippen LogP contribution in [0.3, 0.4) is 0 Å². The zero-order valence-corrected chi connectivity index (χ0v) is 16.0. The SMILES string of the molecule is NC(=O)c1ccccc1Sc1cnc(N)c(C(=O)NCc2c(O)cc(F)cc2F)n1. The molecule has 0 atom stereocenters. The predicted octanol–water partition coefficient (Wildman–Crippen LogP) is 2.22. The summed E-state index contributed by atoms with van der Waals surface area (Å²) in [4.78, 5) is 32.6. The molecule has 154 valence electrons. The molecule has 0 unspecified atom stereocenters. The van der Waals surface area contributed by atoms with Gasteiger partial charge in [0.25, 0.3) is 5.91 Å². The Balaban J connectivity index is 1.80. The number of phenolic OH excluding ortho intramolecular Hbond substituents is 1. The Morgan fingerprint density at radius 1 is 1.20 bits per heavy atom. The summed E-state index contributed by atoms with van der Waals surface area (Å²) in [5, 5.41) is 12.3. The second kappa shape index (κ2) is 8.74. The quantitative estimate of drug-likeness (QED) is 0.468. The van der Waals surface area contributed by atoms with Crippen molar-refractivity contribution < 1.29 is 23.5 Å². The van der Waals surface area contributed by atoms with Crippen LogP contribution >= 0.6 is 11.8 Å². The number of hydrogen-bond donors (Lipinski definition) is 4. The molecular weight excluding hydrogens is 416 g/mol. The standard InChI is InChI=1S/C19H15F2N5O3S/c20-9-5-12(21)11(13(27)6-9)7-25-19(29)16-17(22)24-8-15(26-16)30-14-4-2-1-3-10(14)18(23)28/h1-6,8,27H,7H2,(H2,22,24)(H2,23,28)(H,25,29). The maximum Gasteiger partial charge on any atom is 0.274 e. The van der Waals surface area contributed by atoms with Crippen LogP contribution in [0.4, 0.5) is 14.6 Å². The summed E-state index contributed by atoms with van der Waals surface area (Å²) in [6, 6.07) is 7.88. The van der Waals surface area contributed by atoms with Crippen molar-refractivity contribution in [3.63, 3.8) is 0 Å². The van der Waals surface area contributed by atoms with Crippen LogP contribution in [0.25, 0.3) is 0 Å². The fourth-order valence-corrected chi connectivity index (χ4v) is 3.38. The molecule has 6 N–H and O–H groups in total. The molecule has 3 aromatic rings. The first-order chi connectivity index (χ1) is 14.3. The van der Waals surface area contributed by atoms with E-state index in [1.165, 1.54) is 6.20 Å². The lowest BCUT2D eigenvalue weighted by Gasteiger charge is -2.10. The van der Waals surface area contributed by atoms with E-state index in [0.29, 0.717) is 11.0 Å². The first-order valence-corrected chi connectivity index (χ1v) is 9.22. The average molecular weight is 431 g/mol. The minimum Gasteiger partial charge on any atom is -0.507 e. The van der Waals surface area contributed by atoms with Crippen molar-refractivity contribution in [2.45, 2.75) is 16.5 Å². The van der Waals surface area contributed by atoms with Gasteiger partial charge in [-0.25, -0.2) is 18.7 Å². The lowest BCUT2D eigenvalue weighted by atomic mass is 10.1. The highest BCUT2D eigenvalue weighted by Gasteiger charge is 2.18. The van der Waals surface area contributed by atoms with E-state index in [0.717, 1.165) is 17.8 Å². The van der Waals surface area contributed by atoms with Gasteiger partial charge in [-0.15, -0.1) is 0 Å². The fourth-order valence-electron chi connectivity index (χ4n) is 2.49. The van der Waals surface area contributed by atoms with Crippen molar-refractivity contribution in [2.24, 2.45) is 5.73 Å². The third kappa shape index (κ3) is 4.63. The molecule has 1 aromatic heterocycles. The molecule has 8 nitrogen and oxygen atoms in total. The molecule has 0 aliphatic rings. The highest BCUT2D eigenvalue weighted by Crippen LogP contribution is 2.29. The molecule has 2 amide bonds. The van der Waals surface area contributed by atoms with Crippen molar-refractivity contribution in [3.8, 4) is 5.75 Å². The molecule has 0 spiro atoms. The third-order valence-electron chi connectivity index (χ3n) is 3.92. The first kappa shape index (κ1) is 21.0. The number of amides is 2. The number of benzene rings is 2. The van der Waals surface area contributed by atoms with Crippen molar-refractivity contribution >= 4 is 29.4 Å². The minimum atomic E-state index is -1.01. The zero-order valence-electron chi connectivity index (χ0n) is 15.2. The van der Waals surface area contributed by atoms with Gasteiger partial charge in [-0.1, -0.05) is 23.9 Å². The number of nitrogens with two attached hydrogens (primary N) is 2. The number of halogens is 2. The van der Waals surface area contributed by atoms with Crippen molar-refractivity contribution in [1.82, 2.24) is 15.3 Å². The molecule has 0 saturated carbocycles. The molecule has 0 aliphatic carbocycles. The Hall–Kier alpha value is -3.73. The number of carbonyl (C=O) groups is 2. The Kier molecular flexibility index (Phi) is 6.11. The van der Waals surface area contributed by atoms with Crippen LogP contribution in [0, 0.1) is 11.6 Å². The van der Waals surface area contributed by atoms with Gasteiger partial charge in [0, 0.05) is 29.1 Å². The van der Waals surface area contributed by atoms with Crippen LogP contribution in [0.15, 0.2) is 52.5 Å². The average Bonchev–Trinajstić information content (AvgIpc) is 2.68. The minimum absolute atomic E-state index is 0.177. The summed E-state index contributed by atoms with van der Waals surface area (Å²) in [5.74, 6) is -4.19. The normalized spacial score (nSPS) is 10.6. The molecule has 0 aliphatic heterocycles. The highest BCUT2D eigenvalue weighted by molar-refractivity contribution is 7.99. The second-order valence-corrected chi connectivity index (χ2v) is 7.03. The van der Waals surface area contributed by atoms with E-state index in [1.54, 1.807) is 24.3 Å². The smallest absolute Gasteiger partial charge is 0.274 e. The Bertz CT molecular complexity index is 1120. The Labute approximate surface area is 173 Å². The van der Waals surface area contributed by atoms with E-state index in [-0.39, 0.29) is 27.7 Å². The fraction of sp³-hybridized carbons (Fsp3) is 0.0526. The van der Waals surface area contributed by atoms with Gasteiger partial charge in [-0.3, -0.25) is 9.59 Å². The number of rotatable bonds is 6. The number of nitrogen functional groups attached to an aromatic ring is 1. The van der Waals surface area contributed by atoms with Crippen molar-refractivity contribution in [1.29, 1.82) is 0 Å². The van der Waals surface area contributed by atoms with Gasteiger partial charge >= 0.3 is 0 Å². The van der Waals surface area contributed by atoms with Crippen LogP contribution in [0.1, 0.15) is 26.4 Å². The molecule has 0 saturated heterocycles. The number of nitrogens with one attached hydrogen (secondary N) is 1. The highest BCUT2D eigenvalue weighted by atomic mass is 32.2. The predicted molar refractivity (Wildman–Crippen MR) is 105 cm³/mol. The molecule has 0 radical (unpaired) electrons. The van der Waals surface area contributed by atoms with E-state index in [2.05, 4.69) is 15.3 Å². The van der Waals surface area contributed by atoms with Crippen LogP contribution in [-0.2, 0) is 6.54 Å². The number of phenols is 1. The lowest BCUT2D eigenvalue weighted by Crippen LogP contribution is -2.26. The number of hydrogen-bond acceptors (Lipinski definition) is 7. The second-order valence-electron chi connectivity index (χ2n) is 5.97. The number of carbonyl (C=O) groups excluding carboxylic acids is 2. The van der Waals surface area contributed by atoms with Crippen LogP contribution in [0.5, 0.6) is 5.75 Å². The maximum atomic E-state index is 13.8.